The highest BCUT2D eigenvalue weighted by Gasteiger charge is 2.37. The molecule has 1 unspecified atom stereocenters. The van der Waals surface area contributed by atoms with Crippen molar-refractivity contribution in [1.29, 1.82) is 0 Å². The minimum absolute atomic E-state index is 0.00193. The molecule has 1 aromatic rings. The fraction of sp³-hybridized carbons (Fsp3) is 0.417. The first-order valence-corrected chi connectivity index (χ1v) is 7.94. The number of nitrogens with two attached hydrogens (primary N) is 1. The Hall–Kier alpha value is -1.15. The second kappa shape index (κ2) is 5.69. The molecule has 1 aliphatic rings. The zero-order chi connectivity index (χ0) is 14.9. The zero-order valence-electron chi connectivity index (χ0n) is 11.0. The molecule has 1 atom stereocenters. The van der Waals surface area contributed by atoms with Gasteiger partial charge in [0.2, 0.25) is 15.9 Å². The summed E-state index contributed by atoms with van der Waals surface area (Å²) >= 11 is 6.02. The number of rotatable bonds is 3. The number of hydrogen-bond donors (Lipinski definition) is 2. The van der Waals surface area contributed by atoms with Gasteiger partial charge in [0.05, 0.1) is 5.02 Å². The van der Waals surface area contributed by atoms with Crippen LogP contribution in [0.2, 0.25) is 5.02 Å². The van der Waals surface area contributed by atoms with E-state index in [9.17, 15) is 13.2 Å². The van der Waals surface area contributed by atoms with Gasteiger partial charge in [-0.2, -0.15) is 4.31 Å². The Kier molecular flexibility index (Phi) is 4.33. The standard InChI is InChI=1S/C12H16ClN3O3S/c1-8-2-3-11(9(13)6-8)20(18,19)16-5-4-15-7-10(16)12(14)17/h2-3,6,10,15H,4-5,7H2,1H3,(H2,14,17). The predicted molar refractivity (Wildman–Crippen MR) is 75.9 cm³/mol. The Labute approximate surface area is 122 Å². The monoisotopic (exact) mass is 317 g/mol. The van der Waals surface area contributed by atoms with E-state index in [1.165, 1.54) is 6.07 Å². The molecule has 8 heteroatoms. The van der Waals surface area contributed by atoms with Crippen LogP contribution in [0.15, 0.2) is 23.1 Å². The van der Waals surface area contributed by atoms with E-state index < -0.39 is 22.0 Å². The summed E-state index contributed by atoms with van der Waals surface area (Å²) in [6.07, 6.45) is 0. The molecule has 1 aliphatic heterocycles. The third-order valence-electron chi connectivity index (χ3n) is 3.20. The molecule has 3 N–H and O–H groups in total. The van der Waals surface area contributed by atoms with Crippen LogP contribution in [0.1, 0.15) is 5.56 Å². The van der Waals surface area contributed by atoms with E-state index in [0.717, 1.165) is 9.87 Å². The molecular formula is C12H16ClN3O3S. The maximum atomic E-state index is 12.6. The number of benzene rings is 1. The molecule has 1 saturated heterocycles. The molecule has 1 heterocycles. The van der Waals surface area contributed by atoms with Crippen molar-refractivity contribution in [2.75, 3.05) is 19.6 Å². The van der Waals surface area contributed by atoms with Gasteiger partial charge in [-0.15, -0.1) is 0 Å². The lowest BCUT2D eigenvalue weighted by molar-refractivity contribution is -0.122. The molecule has 0 saturated carbocycles. The molecule has 2 rings (SSSR count). The molecule has 0 aromatic heterocycles. The fourth-order valence-corrected chi connectivity index (χ4v) is 4.33. The van der Waals surface area contributed by atoms with Crippen molar-refractivity contribution in [3.05, 3.63) is 28.8 Å². The number of amides is 1. The summed E-state index contributed by atoms with van der Waals surface area (Å²) in [5.74, 6) is -0.677. The second-order valence-electron chi connectivity index (χ2n) is 4.67. The second-order valence-corrected chi connectivity index (χ2v) is 6.94. The van der Waals surface area contributed by atoms with Crippen molar-refractivity contribution in [3.63, 3.8) is 0 Å². The number of halogens is 1. The van der Waals surface area contributed by atoms with E-state index in [0.29, 0.717) is 6.54 Å². The number of nitrogens with one attached hydrogen (secondary N) is 1. The average Bonchev–Trinajstić information content (AvgIpc) is 2.38. The van der Waals surface area contributed by atoms with Crippen molar-refractivity contribution in [2.45, 2.75) is 17.9 Å². The van der Waals surface area contributed by atoms with Crippen molar-refractivity contribution < 1.29 is 13.2 Å². The van der Waals surface area contributed by atoms with E-state index in [4.69, 9.17) is 17.3 Å². The molecule has 6 nitrogen and oxygen atoms in total. The fourth-order valence-electron chi connectivity index (χ4n) is 2.16. The van der Waals surface area contributed by atoms with Crippen molar-refractivity contribution in [1.82, 2.24) is 9.62 Å². The molecule has 0 bridgehead atoms. The lowest BCUT2D eigenvalue weighted by atomic mass is 10.2. The third kappa shape index (κ3) is 2.80. The Bertz CT molecular complexity index is 633. The van der Waals surface area contributed by atoms with Gasteiger partial charge in [-0.05, 0) is 24.6 Å². The minimum Gasteiger partial charge on any atom is -0.368 e. The molecule has 0 radical (unpaired) electrons. The number of aryl methyl sites for hydroxylation is 1. The van der Waals surface area contributed by atoms with Gasteiger partial charge in [0.25, 0.3) is 0 Å². The van der Waals surface area contributed by atoms with E-state index in [2.05, 4.69) is 5.32 Å². The molecule has 0 spiro atoms. The highest BCUT2D eigenvalue weighted by molar-refractivity contribution is 7.89. The van der Waals surface area contributed by atoms with Crippen LogP contribution in [-0.4, -0.2) is 44.3 Å². The number of nitrogens with zero attached hydrogens (tertiary/aromatic N) is 1. The van der Waals surface area contributed by atoms with Crippen LogP contribution in [0.4, 0.5) is 0 Å². The van der Waals surface area contributed by atoms with Gasteiger partial charge in [0.15, 0.2) is 0 Å². The maximum absolute atomic E-state index is 12.6. The lowest BCUT2D eigenvalue weighted by Crippen LogP contribution is -2.58. The molecule has 0 aliphatic carbocycles. The number of carbonyl (C=O) groups excluding carboxylic acids is 1. The Balaban J connectivity index is 2.45. The van der Waals surface area contributed by atoms with Gasteiger partial charge in [0, 0.05) is 19.6 Å². The number of piperazine rings is 1. The summed E-state index contributed by atoms with van der Waals surface area (Å²) in [7, 11) is -3.84. The summed E-state index contributed by atoms with van der Waals surface area (Å²) in [6, 6.07) is 3.80. The highest BCUT2D eigenvalue weighted by atomic mass is 35.5. The van der Waals surface area contributed by atoms with Crippen LogP contribution in [0.3, 0.4) is 0 Å². The molecule has 1 fully saturated rings. The van der Waals surface area contributed by atoms with E-state index in [1.54, 1.807) is 12.1 Å². The van der Waals surface area contributed by atoms with Gasteiger partial charge in [-0.3, -0.25) is 4.79 Å². The molecule has 110 valence electrons. The Morgan fingerprint density at radius 3 is 2.80 bits per heavy atom. The first-order chi connectivity index (χ1) is 9.34. The van der Waals surface area contributed by atoms with Crippen molar-refractivity contribution >= 4 is 27.5 Å². The van der Waals surface area contributed by atoms with Gasteiger partial charge in [-0.25, -0.2) is 8.42 Å². The van der Waals surface area contributed by atoms with E-state index in [1.807, 2.05) is 6.92 Å². The van der Waals surface area contributed by atoms with Crippen molar-refractivity contribution in [2.24, 2.45) is 5.73 Å². The van der Waals surface area contributed by atoms with E-state index in [-0.39, 0.29) is 23.0 Å². The first-order valence-electron chi connectivity index (χ1n) is 6.12. The van der Waals surface area contributed by atoms with Crippen LogP contribution in [0.25, 0.3) is 0 Å². The van der Waals surface area contributed by atoms with Gasteiger partial charge < -0.3 is 11.1 Å². The SMILES string of the molecule is Cc1ccc(S(=O)(=O)N2CCNCC2C(N)=O)c(Cl)c1. The third-order valence-corrected chi connectivity index (χ3v) is 5.59. The van der Waals surface area contributed by atoms with Crippen LogP contribution >= 0.6 is 11.6 Å². The van der Waals surface area contributed by atoms with Crippen LogP contribution < -0.4 is 11.1 Å². The summed E-state index contributed by atoms with van der Waals surface area (Å²) in [5, 5.41) is 3.10. The maximum Gasteiger partial charge on any atom is 0.245 e. The molecule has 1 aromatic carbocycles. The zero-order valence-corrected chi connectivity index (χ0v) is 12.5. The van der Waals surface area contributed by atoms with Gasteiger partial charge >= 0.3 is 0 Å². The summed E-state index contributed by atoms with van der Waals surface area (Å²) in [5.41, 5.74) is 6.14. The van der Waals surface area contributed by atoms with E-state index >= 15 is 0 Å². The predicted octanol–water partition coefficient (Wildman–Crippen LogP) is 0.0962. The Morgan fingerprint density at radius 2 is 2.20 bits per heavy atom. The highest BCUT2D eigenvalue weighted by Crippen LogP contribution is 2.27. The van der Waals surface area contributed by atoms with Crippen LogP contribution in [0.5, 0.6) is 0 Å². The van der Waals surface area contributed by atoms with Crippen molar-refractivity contribution in [3.8, 4) is 0 Å². The summed E-state index contributed by atoms with van der Waals surface area (Å²) in [6.45, 7) is 2.67. The summed E-state index contributed by atoms with van der Waals surface area (Å²) < 4.78 is 26.4. The Morgan fingerprint density at radius 1 is 1.50 bits per heavy atom. The minimum atomic E-state index is -3.84. The van der Waals surface area contributed by atoms with Gasteiger partial charge in [0.1, 0.15) is 10.9 Å². The molecule has 20 heavy (non-hydrogen) atoms. The summed E-state index contributed by atoms with van der Waals surface area (Å²) in [4.78, 5) is 11.4. The number of sulfonamides is 1. The number of hydrogen-bond acceptors (Lipinski definition) is 4. The topological polar surface area (TPSA) is 92.5 Å². The first kappa shape index (κ1) is 15.2. The normalized spacial score (nSPS) is 20.8. The lowest BCUT2D eigenvalue weighted by Gasteiger charge is -2.33. The molecular weight excluding hydrogens is 302 g/mol. The number of primary amides is 1. The molecule has 1 amide bonds. The van der Waals surface area contributed by atoms with Gasteiger partial charge in [-0.1, -0.05) is 17.7 Å². The van der Waals surface area contributed by atoms with Crippen LogP contribution in [0, 0.1) is 6.92 Å². The smallest absolute Gasteiger partial charge is 0.245 e. The average molecular weight is 318 g/mol. The van der Waals surface area contributed by atoms with Crippen LogP contribution in [-0.2, 0) is 14.8 Å². The largest absolute Gasteiger partial charge is 0.368 e. The quantitative estimate of drug-likeness (QED) is 0.826. The number of carbonyl (C=O) groups is 1.